The van der Waals surface area contributed by atoms with Crippen LogP contribution in [0, 0.1) is 5.82 Å². The predicted octanol–water partition coefficient (Wildman–Crippen LogP) is 3.78. The Hall–Kier alpha value is -1.58. The smallest absolute Gasteiger partial charge is 0.128 e. The molecule has 2 rings (SSSR count). The first-order chi connectivity index (χ1) is 8.65. The first-order valence-corrected chi connectivity index (χ1v) is 5.89. The van der Waals surface area contributed by atoms with Crippen molar-refractivity contribution in [1.29, 1.82) is 0 Å². The maximum Gasteiger partial charge on any atom is 0.128 e. The van der Waals surface area contributed by atoms with Crippen molar-refractivity contribution in [1.82, 2.24) is 0 Å². The summed E-state index contributed by atoms with van der Waals surface area (Å²) in [5.41, 5.74) is 7.73. The van der Waals surface area contributed by atoms with Crippen LogP contribution >= 0.6 is 11.6 Å². The summed E-state index contributed by atoms with van der Waals surface area (Å²) < 4.78 is 18.8. The molecule has 0 bridgehead atoms. The Balaban J connectivity index is 1.92. The highest BCUT2D eigenvalue weighted by Gasteiger charge is 2.03. The summed E-state index contributed by atoms with van der Waals surface area (Å²) in [5.74, 6) is -0.309. The highest BCUT2D eigenvalue weighted by Crippen LogP contribution is 2.16. The van der Waals surface area contributed by atoms with Crippen molar-refractivity contribution in [3.63, 3.8) is 0 Å². The maximum atomic E-state index is 13.4. The third kappa shape index (κ3) is 3.45. The first kappa shape index (κ1) is 12.9. The summed E-state index contributed by atoms with van der Waals surface area (Å²) in [4.78, 5) is 0. The number of ether oxygens (including phenoxy) is 1. The lowest BCUT2D eigenvalue weighted by molar-refractivity contribution is 0.105. The lowest BCUT2D eigenvalue weighted by Crippen LogP contribution is -1.97. The van der Waals surface area contributed by atoms with Gasteiger partial charge in [-0.25, -0.2) is 4.39 Å². The molecule has 18 heavy (non-hydrogen) atoms. The summed E-state index contributed by atoms with van der Waals surface area (Å²) in [6.45, 7) is 0.600. The van der Waals surface area contributed by atoms with Crippen molar-refractivity contribution >= 4 is 17.3 Å². The molecule has 0 atom stereocenters. The van der Waals surface area contributed by atoms with Gasteiger partial charge >= 0.3 is 0 Å². The second-order valence-electron chi connectivity index (χ2n) is 3.97. The lowest BCUT2D eigenvalue weighted by atomic mass is 10.2. The molecule has 4 heteroatoms. The molecule has 94 valence electrons. The molecule has 0 fully saturated rings. The van der Waals surface area contributed by atoms with Gasteiger partial charge in [-0.05, 0) is 35.9 Å². The molecule has 0 aromatic heterocycles. The van der Waals surface area contributed by atoms with Crippen LogP contribution in [0.15, 0.2) is 42.5 Å². The Morgan fingerprint density at radius 3 is 2.50 bits per heavy atom. The van der Waals surface area contributed by atoms with E-state index in [4.69, 9.17) is 22.1 Å². The molecular formula is C14H13ClFNO. The molecule has 0 saturated carbocycles. The number of halogens is 2. The molecule has 0 spiro atoms. The zero-order chi connectivity index (χ0) is 13.0. The van der Waals surface area contributed by atoms with E-state index in [9.17, 15) is 4.39 Å². The largest absolute Gasteiger partial charge is 0.399 e. The summed E-state index contributed by atoms with van der Waals surface area (Å²) in [6.07, 6.45) is 0. The minimum Gasteiger partial charge on any atom is -0.399 e. The van der Waals surface area contributed by atoms with Gasteiger partial charge in [-0.3, -0.25) is 0 Å². The fraction of sp³-hybridized carbons (Fsp3) is 0.143. The van der Waals surface area contributed by atoms with Gasteiger partial charge in [-0.2, -0.15) is 0 Å². The van der Waals surface area contributed by atoms with Crippen LogP contribution in [0.1, 0.15) is 11.1 Å². The van der Waals surface area contributed by atoms with Crippen molar-refractivity contribution in [2.45, 2.75) is 13.2 Å². The van der Waals surface area contributed by atoms with Gasteiger partial charge in [0.25, 0.3) is 0 Å². The molecule has 0 aliphatic carbocycles. The monoisotopic (exact) mass is 265 g/mol. The van der Waals surface area contributed by atoms with E-state index in [2.05, 4.69) is 0 Å². The van der Waals surface area contributed by atoms with Gasteiger partial charge in [0.15, 0.2) is 0 Å². The molecule has 2 aromatic carbocycles. The Morgan fingerprint density at radius 2 is 1.78 bits per heavy atom. The topological polar surface area (TPSA) is 35.2 Å². The number of rotatable bonds is 4. The third-order valence-corrected chi connectivity index (χ3v) is 2.75. The summed E-state index contributed by atoms with van der Waals surface area (Å²) in [7, 11) is 0. The van der Waals surface area contributed by atoms with E-state index in [-0.39, 0.29) is 12.4 Å². The number of anilines is 1. The number of hydrogen-bond acceptors (Lipinski definition) is 2. The number of nitrogens with two attached hydrogens (primary N) is 1. The summed E-state index contributed by atoms with van der Waals surface area (Å²) in [6, 6.07) is 11.8. The molecule has 0 heterocycles. The van der Waals surface area contributed by atoms with Gasteiger partial charge in [0.2, 0.25) is 0 Å². The van der Waals surface area contributed by atoms with Crippen molar-refractivity contribution in [3.8, 4) is 0 Å². The highest BCUT2D eigenvalue weighted by molar-refractivity contribution is 6.30. The molecule has 0 saturated heterocycles. The van der Waals surface area contributed by atoms with Crippen LogP contribution in [0.4, 0.5) is 10.1 Å². The third-order valence-electron chi connectivity index (χ3n) is 2.51. The van der Waals surface area contributed by atoms with Gasteiger partial charge in [0.05, 0.1) is 13.2 Å². The van der Waals surface area contributed by atoms with E-state index in [0.29, 0.717) is 22.9 Å². The average Bonchev–Trinajstić information content (AvgIpc) is 2.36. The fourth-order valence-corrected chi connectivity index (χ4v) is 1.74. The maximum absolute atomic E-state index is 13.4. The quantitative estimate of drug-likeness (QED) is 0.854. The van der Waals surface area contributed by atoms with Crippen LogP contribution in [0.2, 0.25) is 5.02 Å². The van der Waals surface area contributed by atoms with E-state index in [1.807, 2.05) is 12.1 Å². The van der Waals surface area contributed by atoms with Gasteiger partial charge in [0.1, 0.15) is 5.82 Å². The van der Waals surface area contributed by atoms with Crippen LogP contribution in [-0.2, 0) is 18.0 Å². The molecular weight excluding hydrogens is 253 g/mol. The van der Waals surface area contributed by atoms with Gasteiger partial charge in [-0.15, -0.1) is 0 Å². The summed E-state index contributed by atoms with van der Waals surface area (Å²) in [5, 5.41) is 0.502. The standard InChI is InChI=1S/C14H13ClFNO/c15-12-3-6-14(16)11(7-12)9-18-8-10-1-4-13(17)5-2-10/h1-7H,8-9,17H2. The number of hydrogen-bond donors (Lipinski definition) is 1. The molecule has 2 aromatic rings. The van der Waals surface area contributed by atoms with Crippen molar-refractivity contribution < 1.29 is 9.13 Å². The molecule has 0 amide bonds. The first-order valence-electron chi connectivity index (χ1n) is 5.51. The van der Waals surface area contributed by atoms with E-state index in [1.54, 1.807) is 18.2 Å². The van der Waals surface area contributed by atoms with E-state index < -0.39 is 0 Å². The van der Waals surface area contributed by atoms with E-state index >= 15 is 0 Å². The fourth-order valence-electron chi connectivity index (χ4n) is 1.55. The van der Waals surface area contributed by atoms with Crippen LogP contribution < -0.4 is 5.73 Å². The van der Waals surface area contributed by atoms with Crippen LogP contribution in [0.3, 0.4) is 0 Å². The molecule has 0 radical (unpaired) electrons. The highest BCUT2D eigenvalue weighted by atomic mass is 35.5. The average molecular weight is 266 g/mol. The van der Waals surface area contributed by atoms with Crippen LogP contribution in [0.5, 0.6) is 0 Å². The summed E-state index contributed by atoms with van der Waals surface area (Å²) >= 11 is 5.79. The van der Waals surface area contributed by atoms with Gasteiger partial charge in [0, 0.05) is 16.3 Å². The lowest BCUT2D eigenvalue weighted by Gasteiger charge is -2.06. The van der Waals surface area contributed by atoms with Gasteiger partial charge in [-0.1, -0.05) is 23.7 Å². The Kier molecular flexibility index (Phi) is 4.18. The Bertz CT molecular complexity index is 528. The second kappa shape index (κ2) is 5.85. The van der Waals surface area contributed by atoms with Crippen LogP contribution in [-0.4, -0.2) is 0 Å². The van der Waals surface area contributed by atoms with Crippen molar-refractivity contribution in [2.24, 2.45) is 0 Å². The zero-order valence-electron chi connectivity index (χ0n) is 9.70. The predicted molar refractivity (Wildman–Crippen MR) is 70.8 cm³/mol. The van der Waals surface area contributed by atoms with E-state index in [1.165, 1.54) is 12.1 Å². The van der Waals surface area contributed by atoms with E-state index in [0.717, 1.165) is 5.56 Å². The molecule has 0 aliphatic rings. The Morgan fingerprint density at radius 1 is 1.06 bits per heavy atom. The number of benzene rings is 2. The Labute approximate surface area is 110 Å². The minimum atomic E-state index is -0.309. The van der Waals surface area contributed by atoms with Gasteiger partial charge < -0.3 is 10.5 Å². The SMILES string of the molecule is Nc1ccc(COCc2cc(Cl)ccc2F)cc1. The number of nitrogen functional groups attached to an aromatic ring is 1. The zero-order valence-corrected chi connectivity index (χ0v) is 10.5. The van der Waals surface area contributed by atoms with Crippen molar-refractivity contribution in [2.75, 3.05) is 5.73 Å². The van der Waals surface area contributed by atoms with Crippen molar-refractivity contribution in [3.05, 3.63) is 64.4 Å². The molecule has 2 N–H and O–H groups in total. The minimum absolute atomic E-state index is 0.191. The molecule has 0 unspecified atom stereocenters. The second-order valence-corrected chi connectivity index (χ2v) is 4.41. The molecule has 2 nitrogen and oxygen atoms in total. The normalized spacial score (nSPS) is 10.6. The molecule has 0 aliphatic heterocycles. The van der Waals surface area contributed by atoms with Crippen LogP contribution in [0.25, 0.3) is 0 Å².